The summed E-state index contributed by atoms with van der Waals surface area (Å²) in [5.74, 6) is 1.13. The van der Waals surface area contributed by atoms with Gasteiger partial charge in [-0.15, -0.1) is 12.4 Å². The van der Waals surface area contributed by atoms with Crippen molar-refractivity contribution in [2.75, 3.05) is 32.8 Å². The van der Waals surface area contributed by atoms with Crippen LogP contribution in [-0.2, 0) is 4.79 Å². The largest absolute Gasteiger partial charge is 0.494 e. The molecule has 0 spiro atoms. The second-order valence-corrected chi connectivity index (χ2v) is 4.90. The van der Waals surface area contributed by atoms with Crippen molar-refractivity contribution in [3.8, 4) is 5.75 Å². The second-order valence-electron chi connectivity index (χ2n) is 4.90. The molecule has 0 aliphatic carbocycles. The number of amides is 1. The van der Waals surface area contributed by atoms with E-state index in [-0.39, 0.29) is 18.3 Å². The van der Waals surface area contributed by atoms with Gasteiger partial charge in [-0.2, -0.15) is 0 Å². The van der Waals surface area contributed by atoms with Crippen LogP contribution in [0.4, 0.5) is 0 Å². The van der Waals surface area contributed by atoms with Crippen LogP contribution >= 0.6 is 12.4 Å². The molecule has 0 aromatic heterocycles. The van der Waals surface area contributed by atoms with Crippen molar-refractivity contribution in [2.24, 2.45) is 0 Å². The van der Waals surface area contributed by atoms with Crippen molar-refractivity contribution in [1.82, 2.24) is 10.2 Å². The Balaban J connectivity index is 0.00000200. The SMILES string of the molecule is Cc1cccc(OCCCC(=O)N2CCNCC2)c1.Cl. The molecular weight excluding hydrogens is 276 g/mol. The van der Waals surface area contributed by atoms with E-state index < -0.39 is 0 Å². The molecule has 2 rings (SSSR count). The highest BCUT2D eigenvalue weighted by Crippen LogP contribution is 2.12. The van der Waals surface area contributed by atoms with E-state index in [9.17, 15) is 4.79 Å². The molecule has 5 heteroatoms. The lowest BCUT2D eigenvalue weighted by atomic mass is 10.2. The van der Waals surface area contributed by atoms with Crippen LogP contribution in [0.15, 0.2) is 24.3 Å². The molecule has 1 amide bonds. The Labute approximate surface area is 126 Å². The summed E-state index contributed by atoms with van der Waals surface area (Å²) < 4.78 is 5.64. The van der Waals surface area contributed by atoms with Crippen LogP contribution < -0.4 is 10.1 Å². The van der Waals surface area contributed by atoms with E-state index in [4.69, 9.17) is 4.74 Å². The lowest BCUT2D eigenvalue weighted by Crippen LogP contribution is -2.46. The first-order valence-corrected chi connectivity index (χ1v) is 6.94. The number of hydrogen-bond acceptors (Lipinski definition) is 3. The van der Waals surface area contributed by atoms with Gasteiger partial charge in [0.05, 0.1) is 6.61 Å². The Hall–Kier alpha value is -1.26. The summed E-state index contributed by atoms with van der Waals surface area (Å²) in [6.07, 6.45) is 1.35. The van der Waals surface area contributed by atoms with Crippen LogP contribution in [0.3, 0.4) is 0 Å². The van der Waals surface area contributed by atoms with Crippen LogP contribution in [0.25, 0.3) is 0 Å². The Kier molecular flexibility index (Phi) is 7.41. The zero-order valence-corrected chi connectivity index (χ0v) is 12.7. The van der Waals surface area contributed by atoms with E-state index in [0.29, 0.717) is 13.0 Å². The van der Waals surface area contributed by atoms with E-state index in [1.165, 1.54) is 5.56 Å². The molecule has 1 N–H and O–H groups in total. The van der Waals surface area contributed by atoms with Gasteiger partial charge in [0, 0.05) is 32.6 Å². The summed E-state index contributed by atoms with van der Waals surface area (Å²) >= 11 is 0. The molecule has 1 aromatic carbocycles. The van der Waals surface area contributed by atoms with Gasteiger partial charge in [-0.05, 0) is 31.0 Å². The zero-order valence-electron chi connectivity index (χ0n) is 11.9. The van der Waals surface area contributed by atoms with Gasteiger partial charge in [0.1, 0.15) is 5.75 Å². The fourth-order valence-corrected chi connectivity index (χ4v) is 2.19. The number of hydrogen-bond donors (Lipinski definition) is 1. The summed E-state index contributed by atoms with van der Waals surface area (Å²) in [6, 6.07) is 7.99. The first-order valence-electron chi connectivity index (χ1n) is 6.94. The molecule has 0 unspecified atom stereocenters. The summed E-state index contributed by atoms with van der Waals surface area (Å²) in [5, 5.41) is 3.25. The first kappa shape index (κ1) is 16.8. The van der Waals surface area contributed by atoms with Gasteiger partial charge in [0.2, 0.25) is 5.91 Å². The fraction of sp³-hybridized carbons (Fsp3) is 0.533. The lowest BCUT2D eigenvalue weighted by Gasteiger charge is -2.27. The predicted octanol–water partition coefficient (Wildman–Crippen LogP) is 2.01. The molecule has 0 atom stereocenters. The van der Waals surface area contributed by atoms with Gasteiger partial charge < -0.3 is 15.0 Å². The van der Waals surface area contributed by atoms with Crippen molar-refractivity contribution >= 4 is 18.3 Å². The van der Waals surface area contributed by atoms with Crippen LogP contribution in [-0.4, -0.2) is 43.6 Å². The minimum atomic E-state index is 0. The van der Waals surface area contributed by atoms with Crippen LogP contribution in [0.5, 0.6) is 5.75 Å². The zero-order chi connectivity index (χ0) is 13.5. The van der Waals surface area contributed by atoms with Gasteiger partial charge >= 0.3 is 0 Å². The summed E-state index contributed by atoms with van der Waals surface area (Å²) in [6.45, 7) is 6.12. The molecule has 1 aromatic rings. The monoisotopic (exact) mass is 298 g/mol. The number of ether oxygens (including phenoxy) is 1. The molecule has 1 aliphatic rings. The van der Waals surface area contributed by atoms with Gasteiger partial charge in [-0.25, -0.2) is 0 Å². The number of nitrogens with zero attached hydrogens (tertiary/aromatic N) is 1. The number of nitrogens with one attached hydrogen (secondary N) is 1. The number of halogens is 1. The molecule has 1 fully saturated rings. The van der Waals surface area contributed by atoms with Crippen molar-refractivity contribution in [3.63, 3.8) is 0 Å². The highest BCUT2D eigenvalue weighted by atomic mass is 35.5. The van der Waals surface area contributed by atoms with Gasteiger partial charge in [-0.3, -0.25) is 4.79 Å². The Morgan fingerprint density at radius 1 is 1.35 bits per heavy atom. The third kappa shape index (κ3) is 5.39. The molecule has 0 bridgehead atoms. The number of carbonyl (C=O) groups is 1. The Morgan fingerprint density at radius 2 is 2.10 bits per heavy atom. The standard InChI is InChI=1S/C15H22N2O2.ClH/c1-13-4-2-5-14(12-13)19-11-3-6-15(18)17-9-7-16-8-10-17;/h2,4-5,12,16H,3,6-11H2,1H3;1H. The summed E-state index contributed by atoms with van der Waals surface area (Å²) in [7, 11) is 0. The van der Waals surface area contributed by atoms with Crippen molar-refractivity contribution < 1.29 is 9.53 Å². The topological polar surface area (TPSA) is 41.6 Å². The van der Waals surface area contributed by atoms with Gasteiger partial charge in [0.15, 0.2) is 0 Å². The Bertz CT molecular complexity index is 420. The van der Waals surface area contributed by atoms with E-state index in [1.54, 1.807) is 0 Å². The van der Waals surface area contributed by atoms with E-state index in [1.807, 2.05) is 36.1 Å². The maximum absolute atomic E-state index is 11.9. The van der Waals surface area contributed by atoms with E-state index in [0.717, 1.165) is 38.3 Å². The third-order valence-corrected chi connectivity index (χ3v) is 3.26. The minimum absolute atomic E-state index is 0. The number of aryl methyl sites for hydroxylation is 1. The first-order chi connectivity index (χ1) is 9.25. The van der Waals surface area contributed by atoms with E-state index >= 15 is 0 Å². The third-order valence-electron chi connectivity index (χ3n) is 3.26. The molecule has 112 valence electrons. The Morgan fingerprint density at radius 3 is 2.80 bits per heavy atom. The molecule has 20 heavy (non-hydrogen) atoms. The second kappa shape index (κ2) is 8.82. The average molecular weight is 299 g/mol. The number of rotatable bonds is 5. The highest BCUT2D eigenvalue weighted by Gasteiger charge is 2.15. The quantitative estimate of drug-likeness (QED) is 0.846. The lowest BCUT2D eigenvalue weighted by molar-refractivity contribution is -0.132. The molecule has 4 nitrogen and oxygen atoms in total. The average Bonchev–Trinajstić information content (AvgIpc) is 2.44. The van der Waals surface area contributed by atoms with Crippen LogP contribution in [0, 0.1) is 6.92 Å². The summed E-state index contributed by atoms with van der Waals surface area (Å²) in [5.41, 5.74) is 1.19. The van der Waals surface area contributed by atoms with Crippen molar-refractivity contribution in [1.29, 1.82) is 0 Å². The van der Waals surface area contributed by atoms with Gasteiger partial charge in [-0.1, -0.05) is 12.1 Å². The predicted molar refractivity (Wildman–Crippen MR) is 82.6 cm³/mol. The van der Waals surface area contributed by atoms with Crippen molar-refractivity contribution in [2.45, 2.75) is 19.8 Å². The van der Waals surface area contributed by atoms with Gasteiger partial charge in [0.25, 0.3) is 0 Å². The van der Waals surface area contributed by atoms with E-state index in [2.05, 4.69) is 5.32 Å². The van der Waals surface area contributed by atoms with Crippen molar-refractivity contribution in [3.05, 3.63) is 29.8 Å². The molecular formula is C15H23ClN2O2. The number of piperazine rings is 1. The molecule has 1 aliphatic heterocycles. The molecule has 1 heterocycles. The molecule has 1 saturated heterocycles. The maximum Gasteiger partial charge on any atom is 0.222 e. The maximum atomic E-state index is 11.9. The number of benzene rings is 1. The highest BCUT2D eigenvalue weighted by molar-refractivity contribution is 5.85. The molecule has 0 saturated carbocycles. The smallest absolute Gasteiger partial charge is 0.222 e. The van der Waals surface area contributed by atoms with Crippen LogP contribution in [0.2, 0.25) is 0 Å². The van der Waals surface area contributed by atoms with Crippen LogP contribution in [0.1, 0.15) is 18.4 Å². The normalized spacial score (nSPS) is 14.6. The minimum Gasteiger partial charge on any atom is -0.494 e. The molecule has 0 radical (unpaired) electrons. The summed E-state index contributed by atoms with van der Waals surface area (Å²) in [4.78, 5) is 13.8. The number of carbonyl (C=O) groups excluding carboxylic acids is 1. The fourth-order valence-electron chi connectivity index (χ4n) is 2.19.